The number of benzene rings is 1. The van der Waals surface area contributed by atoms with E-state index in [1.165, 1.54) is 0 Å². The Kier molecular flexibility index (Phi) is 4.53. The molecular formula is C12H14F2N4O2S. The van der Waals surface area contributed by atoms with Crippen molar-refractivity contribution >= 4 is 15.7 Å². The molecule has 1 aromatic heterocycles. The monoisotopic (exact) mass is 316 g/mol. The molecule has 2 rings (SSSR count). The number of halogens is 2. The summed E-state index contributed by atoms with van der Waals surface area (Å²) in [6, 6.07) is 1.53. The van der Waals surface area contributed by atoms with Crippen molar-refractivity contribution in [3.05, 3.63) is 42.0 Å². The molecule has 2 aromatic rings. The lowest BCUT2D eigenvalue weighted by atomic mass is 10.3. The molecule has 0 unspecified atom stereocenters. The molecule has 1 aromatic carbocycles. The van der Waals surface area contributed by atoms with Crippen LogP contribution in [-0.4, -0.2) is 24.9 Å². The van der Waals surface area contributed by atoms with Crippen molar-refractivity contribution in [1.29, 1.82) is 0 Å². The summed E-state index contributed by atoms with van der Waals surface area (Å²) in [5.74, 6) is -1.73. The molecule has 0 aliphatic carbocycles. The van der Waals surface area contributed by atoms with Gasteiger partial charge >= 0.3 is 0 Å². The maximum atomic E-state index is 13.6. The van der Waals surface area contributed by atoms with Gasteiger partial charge in [0, 0.05) is 31.0 Å². The van der Waals surface area contributed by atoms with Gasteiger partial charge in [-0.2, -0.15) is 0 Å². The highest BCUT2D eigenvalue weighted by molar-refractivity contribution is 7.89. The van der Waals surface area contributed by atoms with Crippen LogP contribution in [0.3, 0.4) is 0 Å². The van der Waals surface area contributed by atoms with Gasteiger partial charge in [0.15, 0.2) is 4.90 Å². The minimum atomic E-state index is -4.27. The van der Waals surface area contributed by atoms with Crippen molar-refractivity contribution in [2.24, 2.45) is 0 Å². The van der Waals surface area contributed by atoms with E-state index >= 15 is 0 Å². The van der Waals surface area contributed by atoms with Crippen molar-refractivity contribution in [1.82, 2.24) is 14.7 Å². The number of hydrogen-bond acceptors (Lipinski definition) is 4. The van der Waals surface area contributed by atoms with E-state index in [0.29, 0.717) is 18.7 Å². The fourth-order valence-corrected chi connectivity index (χ4v) is 2.99. The number of nitrogens with two attached hydrogens (primary N) is 1. The van der Waals surface area contributed by atoms with Gasteiger partial charge in [0.05, 0.1) is 0 Å². The Morgan fingerprint density at radius 1 is 1.29 bits per heavy atom. The largest absolute Gasteiger partial charge is 0.399 e. The molecule has 0 saturated heterocycles. The highest BCUT2D eigenvalue weighted by Crippen LogP contribution is 2.21. The van der Waals surface area contributed by atoms with Gasteiger partial charge in [0.1, 0.15) is 17.5 Å². The topological polar surface area (TPSA) is 101 Å². The average Bonchev–Trinajstić information content (AvgIpc) is 2.86. The third-order valence-corrected chi connectivity index (χ3v) is 4.24. The predicted octanol–water partition coefficient (Wildman–Crippen LogP) is 1.18. The van der Waals surface area contributed by atoms with Crippen LogP contribution in [0.5, 0.6) is 0 Å². The minimum absolute atomic E-state index is 0.0340. The van der Waals surface area contributed by atoms with E-state index in [9.17, 15) is 17.2 Å². The van der Waals surface area contributed by atoms with Gasteiger partial charge < -0.3 is 10.7 Å². The summed E-state index contributed by atoms with van der Waals surface area (Å²) < 4.78 is 53.1. The van der Waals surface area contributed by atoms with E-state index in [-0.39, 0.29) is 12.2 Å². The standard InChI is InChI=1S/C12H14F2N4O2S/c13-9-6-8(15)7-10(14)12(9)21(19,20)18-3-1-2-11-16-4-5-17-11/h4-7,18H,1-3,15H2,(H,16,17). The molecule has 0 aliphatic rings. The predicted molar refractivity (Wildman–Crippen MR) is 72.9 cm³/mol. The number of anilines is 1. The van der Waals surface area contributed by atoms with E-state index in [1.54, 1.807) is 12.4 Å². The van der Waals surface area contributed by atoms with Gasteiger partial charge in [0.25, 0.3) is 0 Å². The first-order valence-corrected chi connectivity index (χ1v) is 7.61. The summed E-state index contributed by atoms with van der Waals surface area (Å²) in [7, 11) is -4.27. The summed E-state index contributed by atoms with van der Waals surface area (Å²) >= 11 is 0. The fourth-order valence-electron chi connectivity index (χ4n) is 1.81. The summed E-state index contributed by atoms with van der Waals surface area (Å²) in [4.78, 5) is 5.83. The number of H-pyrrole nitrogens is 1. The van der Waals surface area contributed by atoms with Crippen LogP contribution < -0.4 is 10.5 Å². The first-order chi connectivity index (χ1) is 9.90. The Hall–Kier alpha value is -2.00. The Morgan fingerprint density at radius 3 is 2.52 bits per heavy atom. The molecule has 0 fully saturated rings. The van der Waals surface area contributed by atoms with Gasteiger partial charge in [-0.05, 0) is 18.6 Å². The summed E-state index contributed by atoms with van der Waals surface area (Å²) in [5.41, 5.74) is 5.06. The van der Waals surface area contributed by atoms with Crippen molar-refractivity contribution in [3.8, 4) is 0 Å². The second-order valence-corrected chi connectivity index (χ2v) is 6.05. The number of nitrogens with one attached hydrogen (secondary N) is 2. The van der Waals surface area contributed by atoms with Crippen molar-refractivity contribution in [2.45, 2.75) is 17.7 Å². The molecule has 0 spiro atoms. The summed E-state index contributed by atoms with van der Waals surface area (Å²) in [6.07, 6.45) is 4.18. The SMILES string of the molecule is Nc1cc(F)c(S(=O)(=O)NCCCc2ncc[nH]2)c(F)c1. The van der Waals surface area contributed by atoms with E-state index in [2.05, 4.69) is 14.7 Å². The first-order valence-electron chi connectivity index (χ1n) is 6.12. The van der Waals surface area contributed by atoms with E-state index in [4.69, 9.17) is 5.73 Å². The number of nitrogen functional groups attached to an aromatic ring is 1. The molecular weight excluding hydrogens is 302 g/mol. The maximum absolute atomic E-state index is 13.6. The quantitative estimate of drug-likeness (QED) is 0.550. The van der Waals surface area contributed by atoms with Crippen LogP contribution in [0.1, 0.15) is 12.2 Å². The number of nitrogens with zero attached hydrogens (tertiary/aromatic N) is 1. The van der Waals surface area contributed by atoms with E-state index in [1.807, 2.05) is 0 Å². The van der Waals surface area contributed by atoms with Gasteiger partial charge in [0.2, 0.25) is 10.0 Å². The molecule has 6 nitrogen and oxygen atoms in total. The highest BCUT2D eigenvalue weighted by Gasteiger charge is 2.24. The molecule has 0 amide bonds. The number of aromatic nitrogens is 2. The second-order valence-electron chi connectivity index (χ2n) is 4.35. The Bertz CT molecular complexity index is 694. The van der Waals surface area contributed by atoms with Crippen molar-refractivity contribution < 1.29 is 17.2 Å². The molecule has 114 valence electrons. The Labute approximate surface area is 120 Å². The lowest BCUT2D eigenvalue weighted by Crippen LogP contribution is -2.27. The maximum Gasteiger partial charge on any atom is 0.246 e. The lowest BCUT2D eigenvalue weighted by molar-refractivity contribution is 0.514. The molecule has 9 heteroatoms. The van der Waals surface area contributed by atoms with Crippen molar-refractivity contribution in [3.63, 3.8) is 0 Å². The van der Waals surface area contributed by atoms with Gasteiger partial charge in [-0.15, -0.1) is 0 Å². The number of hydrogen-bond donors (Lipinski definition) is 3. The van der Waals surface area contributed by atoms with Gasteiger partial charge in [-0.3, -0.25) is 0 Å². The van der Waals surface area contributed by atoms with Crippen LogP contribution in [-0.2, 0) is 16.4 Å². The van der Waals surface area contributed by atoms with Crippen LogP contribution in [0, 0.1) is 11.6 Å². The molecule has 0 aliphatic heterocycles. The number of aromatic amines is 1. The highest BCUT2D eigenvalue weighted by atomic mass is 32.2. The number of imidazole rings is 1. The van der Waals surface area contributed by atoms with Gasteiger partial charge in [-0.1, -0.05) is 0 Å². The van der Waals surface area contributed by atoms with E-state index < -0.39 is 26.6 Å². The number of aryl methyl sites for hydroxylation is 1. The van der Waals surface area contributed by atoms with Crippen LogP contribution in [0.15, 0.2) is 29.4 Å². The summed E-state index contributed by atoms with van der Waals surface area (Å²) in [5, 5.41) is 0. The van der Waals surface area contributed by atoms with Crippen molar-refractivity contribution in [2.75, 3.05) is 12.3 Å². The lowest BCUT2D eigenvalue weighted by Gasteiger charge is -2.09. The smallest absolute Gasteiger partial charge is 0.246 e. The molecule has 4 N–H and O–H groups in total. The average molecular weight is 316 g/mol. The molecule has 21 heavy (non-hydrogen) atoms. The van der Waals surface area contributed by atoms with Crippen LogP contribution in [0.25, 0.3) is 0 Å². The number of sulfonamides is 1. The molecule has 0 bridgehead atoms. The normalized spacial score (nSPS) is 11.7. The zero-order chi connectivity index (χ0) is 15.5. The third-order valence-electron chi connectivity index (χ3n) is 2.73. The molecule has 0 radical (unpaired) electrons. The van der Waals surface area contributed by atoms with Crippen LogP contribution in [0.2, 0.25) is 0 Å². The fraction of sp³-hybridized carbons (Fsp3) is 0.250. The van der Waals surface area contributed by atoms with E-state index in [0.717, 1.165) is 12.1 Å². The van der Waals surface area contributed by atoms with Crippen LogP contribution in [0.4, 0.5) is 14.5 Å². The Morgan fingerprint density at radius 2 is 1.95 bits per heavy atom. The third kappa shape index (κ3) is 3.76. The second kappa shape index (κ2) is 6.19. The zero-order valence-electron chi connectivity index (χ0n) is 10.9. The zero-order valence-corrected chi connectivity index (χ0v) is 11.8. The molecule has 0 saturated carbocycles. The minimum Gasteiger partial charge on any atom is -0.399 e. The molecule has 0 atom stereocenters. The molecule has 1 heterocycles. The first kappa shape index (κ1) is 15.4. The Balaban J connectivity index is 2.02. The van der Waals surface area contributed by atoms with Crippen LogP contribution >= 0.6 is 0 Å². The summed E-state index contributed by atoms with van der Waals surface area (Å²) in [6.45, 7) is 0.0340. The number of rotatable bonds is 6. The van der Waals surface area contributed by atoms with Gasteiger partial charge in [-0.25, -0.2) is 26.9 Å².